The van der Waals surface area contributed by atoms with E-state index in [1.54, 1.807) is 0 Å². The smallest absolute Gasteiger partial charge is 0.251 e. The van der Waals surface area contributed by atoms with Gasteiger partial charge >= 0.3 is 0 Å². The highest BCUT2D eigenvalue weighted by Gasteiger charge is 2.09. The summed E-state index contributed by atoms with van der Waals surface area (Å²) in [6, 6.07) is 16.3. The Hall–Kier alpha value is -2.35. The first-order valence-electron chi connectivity index (χ1n) is 9.32. The van der Waals surface area contributed by atoms with E-state index in [0.717, 1.165) is 11.1 Å². The van der Waals surface area contributed by atoms with Crippen LogP contribution in [0, 0.1) is 5.41 Å². The first kappa shape index (κ1) is 20.0. The van der Waals surface area contributed by atoms with Gasteiger partial charge in [-0.25, -0.2) is 0 Å². The second kappa shape index (κ2) is 8.35. The second-order valence-electron chi connectivity index (χ2n) is 8.35. The molecule has 0 aliphatic rings. The monoisotopic (exact) mass is 349 g/mol. The van der Waals surface area contributed by atoms with Gasteiger partial charge in [0.15, 0.2) is 0 Å². The maximum Gasteiger partial charge on any atom is 0.251 e. The highest BCUT2D eigenvalue weighted by Crippen LogP contribution is 2.23. The van der Waals surface area contributed by atoms with E-state index in [4.69, 9.17) is 0 Å². The number of benzene rings is 2. The Labute approximate surface area is 158 Å². The molecule has 0 unspecified atom stereocenters. The molecule has 2 aromatic rings. The molecule has 0 fully saturated rings. The highest BCUT2D eigenvalue weighted by atomic mass is 16.1. The number of rotatable bonds is 5. The quantitative estimate of drug-likeness (QED) is 0.685. The summed E-state index contributed by atoms with van der Waals surface area (Å²) in [7, 11) is 0. The molecule has 0 saturated heterocycles. The number of allylic oxidation sites excluding steroid dienone is 2. The average molecular weight is 350 g/mol. The first-order chi connectivity index (χ1) is 12.2. The van der Waals surface area contributed by atoms with Crippen molar-refractivity contribution in [2.75, 3.05) is 0 Å². The van der Waals surface area contributed by atoms with E-state index in [1.165, 1.54) is 11.1 Å². The average Bonchev–Trinajstić information content (AvgIpc) is 2.58. The summed E-state index contributed by atoms with van der Waals surface area (Å²) in [6.45, 7) is 13.6. The van der Waals surface area contributed by atoms with Crippen molar-refractivity contribution in [2.45, 2.75) is 54.0 Å². The summed E-state index contributed by atoms with van der Waals surface area (Å²) >= 11 is 0. The van der Waals surface area contributed by atoms with E-state index < -0.39 is 0 Å². The van der Waals surface area contributed by atoms with Crippen LogP contribution in [0.25, 0.3) is 5.57 Å². The van der Waals surface area contributed by atoms with Crippen molar-refractivity contribution in [3.8, 4) is 0 Å². The lowest BCUT2D eigenvalue weighted by molar-refractivity contribution is 0.0951. The topological polar surface area (TPSA) is 29.1 Å². The summed E-state index contributed by atoms with van der Waals surface area (Å²) in [5.41, 5.74) is 5.65. The van der Waals surface area contributed by atoms with Crippen molar-refractivity contribution in [3.05, 3.63) is 76.9 Å². The van der Waals surface area contributed by atoms with Crippen molar-refractivity contribution >= 4 is 11.5 Å². The molecule has 0 saturated carbocycles. The summed E-state index contributed by atoms with van der Waals surface area (Å²) in [5.74, 6) is 0.481. The molecule has 0 aromatic heterocycles. The van der Waals surface area contributed by atoms with Crippen LogP contribution in [0.1, 0.15) is 74.5 Å². The highest BCUT2D eigenvalue weighted by molar-refractivity contribution is 5.94. The molecule has 2 nitrogen and oxygen atoms in total. The summed E-state index contributed by atoms with van der Waals surface area (Å²) < 4.78 is 0. The minimum Gasteiger partial charge on any atom is -0.348 e. The Kier molecular flexibility index (Phi) is 6.42. The lowest BCUT2D eigenvalue weighted by atomic mass is 9.91. The van der Waals surface area contributed by atoms with Crippen molar-refractivity contribution < 1.29 is 4.79 Å². The third-order valence-electron chi connectivity index (χ3n) is 4.35. The molecule has 0 aliphatic heterocycles. The van der Waals surface area contributed by atoms with Crippen LogP contribution in [-0.2, 0) is 6.54 Å². The molecule has 138 valence electrons. The standard InChI is InChI=1S/C24H31NO/c1-17(2)20-9-7-19(8-10-20)16-25-23(26)22-13-11-21(12-14-22)18(3)15-24(4,5)6/h7-15,17H,16H2,1-6H3,(H,25,26). The van der Waals surface area contributed by atoms with Crippen LogP contribution in [-0.4, -0.2) is 5.91 Å². The molecule has 0 atom stereocenters. The second-order valence-corrected chi connectivity index (χ2v) is 8.35. The summed E-state index contributed by atoms with van der Waals surface area (Å²) in [4.78, 5) is 12.4. The third-order valence-corrected chi connectivity index (χ3v) is 4.35. The Morgan fingerprint density at radius 3 is 2.00 bits per heavy atom. The van der Waals surface area contributed by atoms with Gasteiger partial charge in [-0.3, -0.25) is 4.79 Å². The van der Waals surface area contributed by atoms with Crippen molar-refractivity contribution in [2.24, 2.45) is 5.41 Å². The molecule has 0 bridgehead atoms. The van der Waals surface area contributed by atoms with Gasteiger partial charge < -0.3 is 5.32 Å². The fourth-order valence-corrected chi connectivity index (χ4v) is 2.92. The molecule has 0 aliphatic carbocycles. The zero-order chi connectivity index (χ0) is 19.3. The Balaban J connectivity index is 1.98. The fraction of sp³-hybridized carbons (Fsp3) is 0.375. The van der Waals surface area contributed by atoms with Crippen LogP contribution >= 0.6 is 0 Å². The number of hydrogen-bond donors (Lipinski definition) is 1. The number of hydrogen-bond acceptors (Lipinski definition) is 1. The molecule has 0 heterocycles. The van der Waals surface area contributed by atoms with Gasteiger partial charge in [-0.1, -0.05) is 77.1 Å². The molecule has 0 radical (unpaired) electrons. The molecule has 26 heavy (non-hydrogen) atoms. The molecule has 0 spiro atoms. The first-order valence-corrected chi connectivity index (χ1v) is 9.32. The van der Waals surface area contributed by atoms with Crippen LogP contribution in [0.5, 0.6) is 0 Å². The molecule has 1 amide bonds. The lowest BCUT2D eigenvalue weighted by Crippen LogP contribution is -2.22. The van der Waals surface area contributed by atoms with E-state index >= 15 is 0 Å². The Bertz CT molecular complexity index is 759. The Morgan fingerprint density at radius 1 is 0.962 bits per heavy atom. The third kappa shape index (κ3) is 5.87. The summed E-state index contributed by atoms with van der Waals surface area (Å²) in [5, 5.41) is 3.00. The van der Waals surface area contributed by atoms with Crippen molar-refractivity contribution in [1.29, 1.82) is 0 Å². The van der Waals surface area contributed by atoms with Gasteiger partial charge in [-0.05, 0) is 52.7 Å². The number of nitrogens with one attached hydrogen (secondary N) is 1. The molecule has 2 heteroatoms. The maximum absolute atomic E-state index is 12.4. The van der Waals surface area contributed by atoms with Crippen LogP contribution in [0.2, 0.25) is 0 Å². The molecule has 1 N–H and O–H groups in total. The molecular weight excluding hydrogens is 318 g/mol. The van der Waals surface area contributed by atoms with Gasteiger partial charge in [0, 0.05) is 12.1 Å². The van der Waals surface area contributed by atoms with E-state index in [2.05, 4.69) is 77.2 Å². The van der Waals surface area contributed by atoms with E-state index in [-0.39, 0.29) is 11.3 Å². The minimum atomic E-state index is -0.0399. The molecule has 2 rings (SSSR count). The number of carbonyl (C=O) groups excluding carboxylic acids is 1. The van der Waals surface area contributed by atoms with Gasteiger partial charge in [0.25, 0.3) is 5.91 Å². The van der Waals surface area contributed by atoms with E-state index in [0.29, 0.717) is 18.0 Å². The zero-order valence-corrected chi connectivity index (χ0v) is 16.9. The maximum atomic E-state index is 12.4. The number of amides is 1. The van der Waals surface area contributed by atoms with Crippen LogP contribution < -0.4 is 5.32 Å². The van der Waals surface area contributed by atoms with Crippen LogP contribution in [0.4, 0.5) is 0 Å². The van der Waals surface area contributed by atoms with Gasteiger partial charge in [0.2, 0.25) is 0 Å². The van der Waals surface area contributed by atoms with E-state index in [9.17, 15) is 4.79 Å². The van der Waals surface area contributed by atoms with Crippen LogP contribution in [0.3, 0.4) is 0 Å². The lowest BCUT2D eigenvalue weighted by Gasteiger charge is -2.14. The van der Waals surface area contributed by atoms with Crippen LogP contribution in [0.15, 0.2) is 54.6 Å². The Morgan fingerprint density at radius 2 is 1.50 bits per heavy atom. The summed E-state index contributed by atoms with van der Waals surface area (Å²) in [6.07, 6.45) is 2.25. The largest absolute Gasteiger partial charge is 0.348 e. The fourth-order valence-electron chi connectivity index (χ4n) is 2.92. The predicted octanol–water partition coefficient (Wildman–Crippen LogP) is 6.19. The van der Waals surface area contributed by atoms with Gasteiger partial charge in [0.1, 0.15) is 0 Å². The van der Waals surface area contributed by atoms with Crippen molar-refractivity contribution in [3.63, 3.8) is 0 Å². The van der Waals surface area contributed by atoms with Gasteiger partial charge in [0.05, 0.1) is 0 Å². The predicted molar refractivity (Wildman–Crippen MR) is 111 cm³/mol. The SMILES string of the molecule is CC(=CC(C)(C)C)c1ccc(C(=O)NCc2ccc(C(C)C)cc2)cc1. The van der Waals surface area contributed by atoms with Gasteiger partial charge in [-0.2, -0.15) is 0 Å². The minimum absolute atomic E-state index is 0.0399. The van der Waals surface area contributed by atoms with E-state index in [1.807, 2.05) is 24.3 Å². The zero-order valence-electron chi connectivity index (χ0n) is 16.9. The van der Waals surface area contributed by atoms with Gasteiger partial charge in [-0.15, -0.1) is 0 Å². The molecular formula is C24H31NO. The number of carbonyl (C=O) groups is 1. The van der Waals surface area contributed by atoms with Crippen molar-refractivity contribution in [1.82, 2.24) is 5.32 Å². The molecule has 2 aromatic carbocycles. The normalized spacial score (nSPS) is 12.3.